The van der Waals surface area contributed by atoms with Gasteiger partial charge in [0.15, 0.2) is 0 Å². The summed E-state index contributed by atoms with van der Waals surface area (Å²) in [6.07, 6.45) is 0. The van der Waals surface area contributed by atoms with E-state index in [1.54, 1.807) is 6.92 Å². The maximum absolute atomic E-state index is 13.8. The molecule has 0 aliphatic carbocycles. The van der Waals surface area contributed by atoms with E-state index in [4.69, 9.17) is 0 Å². The zero-order chi connectivity index (χ0) is 14.6. The van der Waals surface area contributed by atoms with Gasteiger partial charge in [0.25, 0.3) is 0 Å². The van der Waals surface area contributed by atoms with Crippen molar-refractivity contribution in [1.29, 1.82) is 0 Å². The van der Waals surface area contributed by atoms with Crippen molar-refractivity contribution < 1.29 is 12.8 Å². The molecule has 0 heterocycles. The Kier molecular flexibility index (Phi) is 5.46. The molecule has 0 spiro atoms. The van der Waals surface area contributed by atoms with Gasteiger partial charge in [0.2, 0.25) is 10.0 Å². The molecule has 0 bridgehead atoms. The molecular weight excluding hydrogens is 267 g/mol. The number of nitrogens with one attached hydrogen (secondary N) is 2. The highest BCUT2D eigenvalue weighted by atomic mass is 32.2. The number of rotatable bonds is 6. The minimum atomic E-state index is -3.64. The normalized spacial score (nSPS) is 12.1. The van der Waals surface area contributed by atoms with E-state index in [-0.39, 0.29) is 23.0 Å². The summed E-state index contributed by atoms with van der Waals surface area (Å²) in [6, 6.07) is 3.14. The first-order valence-corrected chi connectivity index (χ1v) is 7.78. The highest BCUT2D eigenvalue weighted by molar-refractivity contribution is 7.89. The molecule has 1 aromatic rings. The van der Waals surface area contributed by atoms with Gasteiger partial charge in [-0.05, 0) is 24.6 Å². The van der Waals surface area contributed by atoms with Gasteiger partial charge in [-0.25, -0.2) is 17.5 Å². The van der Waals surface area contributed by atoms with Crippen LogP contribution in [0, 0.1) is 12.7 Å². The van der Waals surface area contributed by atoms with Crippen LogP contribution in [0.4, 0.5) is 4.39 Å². The van der Waals surface area contributed by atoms with Gasteiger partial charge >= 0.3 is 0 Å². The summed E-state index contributed by atoms with van der Waals surface area (Å²) in [5.74, 6) is -0.500. The average molecular weight is 288 g/mol. The monoisotopic (exact) mass is 288 g/mol. The van der Waals surface area contributed by atoms with Crippen molar-refractivity contribution in [2.75, 3.05) is 6.54 Å². The number of benzene rings is 1. The average Bonchev–Trinajstić information content (AvgIpc) is 2.30. The summed E-state index contributed by atoms with van der Waals surface area (Å²) in [5, 5.41) is 3.14. The van der Waals surface area contributed by atoms with Gasteiger partial charge in [0.05, 0.1) is 4.90 Å². The Morgan fingerprint density at radius 1 is 1.32 bits per heavy atom. The lowest BCUT2D eigenvalue weighted by Gasteiger charge is -2.13. The Morgan fingerprint density at radius 3 is 2.47 bits per heavy atom. The third-order valence-electron chi connectivity index (χ3n) is 2.69. The lowest BCUT2D eigenvalue weighted by Crippen LogP contribution is -2.25. The number of hydrogen-bond acceptors (Lipinski definition) is 3. The van der Waals surface area contributed by atoms with E-state index in [1.165, 1.54) is 19.1 Å². The van der Waals surface area contributed by atoms with Crippen LogP contribution in [0.15, 0.2) is 17.0 Å². The molecule has 0 atom stereocenters. The van der Waals surface area contributed by atoms with Crippen LogP contribution in [-0.4, -0.2) is 21.0 Å². The van der Waals surface area contributed by atoms with Crippen LogP contribution in [0.2, 0.25) is 0 Å². The molecule has 1 aromatic carbocycles. The first-order valence-electron chi connectivity index (χ1n) is 6.30. The summed E-state index contributed by atoms with van der Waals surface area (Å²) < 4.78 is 40.2. The van der Waals surface area contributed by atoms with Gasteiger partial charge in [0, 0.05) is 24.7 Å². The van der Waals surface area contributed by atoms with Crippen molar-refractivity contribution in [3.8, 4) is 0 Å². The fourth-order valence-electron chi connectivity index (χ4n) is 1.68. The zero-order valence-electron chi connectivity index (χ0n) is 11.7. The second kappa shape index (κ2) is 6.45. The second-order valence-electron chi connectivity index (χ2n) is 4.74. The Labute approximate surface area is 114 Å². The van der Waals surface area contributed by atoms with Crippen LogP contribution in [0.1, 0.15) is 31.9 Å². The van der Waals surface area contributed by atoms with Crippen LogP contribution in [-0.2, 0) is 16.6 Å². The van der Waals surface area contributed by atoms with E-state index < -0.39 is 15.8 Å². The Bertz CT molecular complexity index is 542. The third-order valence-corrected chi connectivity index (χ3v) is 4.37. The molecule has 0 amide bonds. The quantitative estimate of drug-likeness (QED) is 0.841. The van der Waals surface area contributed by atoms with Crippen LogP contribution in [0.5, 0.6) is 0 Å². The van der Waals surface area contributed by atoms with E-state index >= 15 is 0 Å². The first-order chi connectivity index (χ1) is 8.77. The minimum Gasteiger partial charge on any atom is -0.310 e. The first kappa shape index (κ1) is 16.1. The zero-order valence-corrected chi connectivity index (χ0v) is 12.6. The molecule has 0 saturated heterocycles. The smallest absolute Gasteiger partial charge is 0.240 e. The molecule has 0 fully saturated rings. The van der Waals surface area contributed by atoms with E-state index in [0.29, 0.717) is 12.1 Å². The molecule has 0 aliphatic heterocycles. The molecule has 0 aromatic heterocycles. The van der Waals surface area contributed by atoms with Crippen LogP contribution in [0.3, 0.4) is 0 Å². The standard InChI is InChI=1S/C13H21FN2O2S/c1-5-16-19(17,18)13-7-11(8-15-9(2)3)6-12(14)10(13)4/h6-7,9,15-16H,5,8H2,1-4H3. The largest absolute Gasteiger partial charge is 0.310 e. The fourth-order valence-corrected chi connectivity index (χ4v) is 3.02. The predicted octanol–water partition coefficient (Wildman–Crippen LogP) is 1.93. The highest BCUT2D eigenvalue weighted by Crippen LogP contribution is 2.20. The van der Waals surface area contributed by atoms with Crippen molar-refractivity contribution in [2.45, 2.75) is 45.2 Å². The van der Waals surface area contributed by atoms with Gasteiger partial charge < -0.3 is 5.32 Å². The molecule has 0 aliphatic rings. The van der Waals surface area contributed by atoms with E-state index in [1.807, 2.05) is 13.8 Å². The Hall–Kier alpha value is -0.980. The summed E-state index contributed by atoms with van der Waals surface area (Å²) in [7, 11) is -3.64. The number of hydrogen-bond donors (Lipinski definition) is 2. The number of sulfonamides is 1. The van der Waals surface area contributed by atoms with Gasteiger partial charge in [-0.2, -0.15) is 0 Å². The van der Waals surface area contributed by atoms with E-state index in [9.17, 15) is 12.8 Å². The van der Waals surface area contributed by atoms with Crippen LogP contribution >= 0.6 is 0 Å². The Balaban J connectivity index is 3.17. The molecule has 0 saturated carbocycles. The third kappa shape index (κ3) is 4.26. The van der Waals surface area contributed by atoms with Crippen molar-refractivity contribution >= 4 is 10.0 Å². The van der Waals surface area contributed by atoms with Gasteiger partial charge in [0.1, 0.15) is 5.82 Å². The molecule has 0 unspecified atom stereocenters. The highest BCUT2D eigenvalue weighted by Gasteiger charge is 2.19. The number of halogens is 1. The predicted molar refractivity (Wildman–Crippen MR) is 74.0 cm³/mol. The summed E-state index contributed by atoms with van der Waals surface area (Å²) in [6.45, 7) is 7.82. The second-order valence-corrected chi connectivity index (χ2v) is 6.47. The fraction of sp³-hybridized carbons (Fsp3) is 0.538. The lowest BCUT2D eigenvalue weighted by atomic mass is 10.1. The van der Waals surface area contributed by atoms with Crippen LogP contribution < -0.4 is 10.0 Å². The van der Waals surface area contributed by atoms with Crippen molar-refractivity contribution in [3.63, 3.8) is 0 Å². The molecule has 4 nitrogen and oxygen atoms in total. The molecule has 19 heavy (non-hydrogen) atoms. The van der Waals surface area contributed by atoms with Crippen molar-refractivity contribution in [3.05, 3.63) is 29.1 Å². The van der Waals surface area contributed by atoms with Gasteiger partial charge in [-0.3, -0.25) is 0 Å². The molecule has 2 N–H and O–H groups in total. The maximum Gasteiger partial charge on any atom is 0.240 e. The summed E-state index contributed by atoms with van der Waals surface area (Å²) in [4.78, 5) is 0.00917. The molecule has 6 heteroatoms. The SMILES string of the molecule is CCNS(=O)(=O)c1cc(CNC(C)C)cc(F)c1C. The van der Waals surface area contributed by atoms with Crippen molar-refractivity contribution in [1.82, 2.24) is 10.0 Å². The minimum absolute atomic E-state index is 0.00917. The molecule has 0 radical (unpaired) electrons. The molecule has 1 rings (SSSR count). The maximum atomic E-state index is 13.8. The van der Waals surface area contributed by atoms with E-state index in [0.717, 1.165) is 0 Å². The molecule has 108 valence electrons. The van der Waals surface area contributed by atoms with Crippen LogP contribution in [0.25, 0.3) is 0 Å². The van der Waals surface area contributed by atoms with E-state index in [2.05, 4.69) is 10.0 Å². The molecular formula is C13H21FN2O2S. The lowest BCUT2D eigenvalue weighted by molar-refractivity contribution is 0.567. The summed E-state index contributed by atoms with van der Waals surface area (Å²) in [5.41, 5.74) is 0.766. The van der Waals surface area contributed by atoms with Crippen molar-refractivity contribution in [2.24, 2.45) is 0 Å². The van der Waals surface area contributed by atoms with Gasteiger partial charge in [-0.15, -0.1) is 0 Å². The Morgan fingerprint density at radius 2 is 1.95 bits per heavy atom. The summed E-state index contributed by atoms with van der Waals surface area (Å²) >= 11 is 0. The topological polar surface area (TPSA) is 58.2 Å². The van der Waals surface area contributed by atoms with Gasteiger partial charge in [-0.1, -0.05) is 20.8 Å².